The summed E-state index contributed by atoms with van der Waals surface area (Å²) in [5.74, 6) is 57.3. The predicted molar refractivity (Wildman–Crippen MR) is 276 cm³/mol. The fourth-order valence-corrected chi connectivity index (χ4v) is 6.85. The molecule has 0 saturated heterocycles. The molecule has 0 aliphatic rings. The highest BCUT2D eigenvalue weighted by Crippen LogP contribution is 2.35. The second-order valence-electron chi connectivity index (χ2n) is 11.9. The number of hydrogen-bond acceptors (Lipinski definition) is 12. The second kappa shape index (κ2) is 36.9. The summed E-state index contributed by atoms with van der Waals surface area (Å²) >= 11 is 3.08. The standard InChI is InChI=1S/C25H33NO6S.C25H4.H3NO4S.14H2/c1-4-6-14-25(18-27,15-7-5-2)19-33(30,31)24-13-10-22(26(28)29)17-21(24)16-20-8-11-23(32-3)12-9-20;1-3-5-7-9-11-13-15-17-19-21-23-25-24-22-20-18-16-14-12-10-8-6-4-2;2-3-1-4-5-6;;;;;;;;;;;;;;/h8-13,17-18H,4-7,14-16,19H2,1-3H3;1H,2H3;1-2,6H;14*1H. The van der Waals surface area contributed by atoms with E-state index in [-0.39, 0.29) is 42.7 Å². The first-order chi connectivity index (χ1) is 31.0. The van der Waals surface area contributed by atoms with Crippen LogP contribution in [0, 0.1) is 158 Å². The molecule has 0 radical (unpaired) electrons. The molecule has 0 spiro atoms. The van der Waals surface area contributed by atoms with Gasteiger partial charge in [0.1, 0.15) is 12.0 Å². The van der Waals surface area contributed by atoms with Crippen molar-refractivity contribution in [2.75, 3.05) is 12.9 Å². The van der Waals surface area contributed by atoms with Crippen LogP contribution in [0.3, 0.4) is 0 Å². The number of non-ortho nitro benzene ring substituents is 1. The predicted octanol–water partition coefficient (Wildman–Crippen LogP) is 9.34. The van der Waals surface area contributed by atoms with Crippen molar-refractivity contribution in [1.82, 2.24) is 5.64 Å². The van der Waals surface area contributed by atoms with Crippen LogP contribution >= 0.6 is 12.9 Å². The monoisotopic (exact) mass is 920 g/mol. The van der Waals surface area contributed by atoms with E-state index in [4.69, 9.17) is 16.4 Å². The molecule has 64 heavy (non-hydrogen) atoms. The lowest BCUT2D eigenvalue weighted by molar-refractivity contribution is -0.437. The Hall–Kier alpha value is -7.87. The summed E-state index contributed by atoms with van der Waals surface area (Å²) in [5.41, 5.74) is 1.48. The van der Waals surface area contributed by atoms with Gasteiger partial charge in [-0.2, -0.15) is 0 Å². The Morgan fingerprint density at radius 2 is 1.25 bits per heavy atom. The molecule has 0 aliphatic carbocycles. The number of carbonyl (C=O) groups is 1. The molecular weight excluding hydrogens is 853 g/mol. The van der Waals surface area contributed by atoms with E-state index in [1.54, 1.807) is 38.3 Å². The molecule has 2 aromatic carbocycles. The highest BCUT2D eigenvalue weighted by molar-refractivity contribution is 7.91. The van der Waals surface area contributed by atoms with Crippen LogP contribution in [0.5, 0.6) is 5.75 Å². The molecule has 0 bridgehead atoms. The van der Waals surface area contributed by atoms with Crippen LogP contribution in [0.4, 0.5) is 5.69 Å². The molecule has 2 rings (SSSR count). The van der Waals surface area contributed by atoms with Gasteiger partial charge in [-0.1, -0.05) is 57.6 Å². The van der Waals surface area contributed by atoms with Gasteiger partial charge >= 0.3 is 0 Å². The van der Waals surface area contributed by atoms with E-state index in [0.29, 0.717) is 24.2 Å². The zero-order valence-electron chi connectivity index (χ0n) is 35.3. The Labute approximate surface area is 403 Å². The molecule has 0 saturated carbocycles. The molecule has 2 aromatic rings. The van der Waals surface area contributed by atoms with Crippen molar-refractivity contribution in [3.05, 3.63) is 63.7 Å². The Balaban J connectivity index is -0.0000000619. The number of ether oxygens (including phenoxy) is 1. The molecule has 0 aromatic heterocycles. The highest BCUT2D eigenvalue weighted by Gasteiger charge is 2.36. The van der Waals surface area contributed by atoms with E-state index in [1.165, 1.54) is 23.8 Å². The minimum atomic E-state index is -3.88. The quantitative estimate of drug-likeness (QED) is 0.0203. The van der Waals surface area contributed by atoms with Gasteiger partial charge in [0.15, 0.2) is 9.84 Å². The number of methoxy groups -OCH3 is 1. The Morgan fingerprint density at radius 3 is 1.59 bits per heavy atom. The van der Waals surface area contributed by atoms with Crippen molar-refractivity contribution >= 4 is 34.7 Å². The van der Waals surface area contributed by atoms with Crippen LogP contribution in [-0.2, 0) is 35.4 Å². The maximum Gasteiger partial charge on any atom is 0.269 e. The van der Waals surface area contributed by atoms with Gasteiger partial charge < -0.3 is 9.53 Å². The fourth-order valence-electron chi connectivity index (χ4n) is 4.74. The first-order valence-electron chi connectivity index (χ1n) is 18.5. The van der Waals surface area contributed by atoms with Gasteiger partial charge in [-0.15, -0.1) is 20.7 Å². The largest absolute Gasteiger partial charge is 0.497 e. The van der Waals surface area contributed by atoms with E-state index < -0.39 is 20.2 Å². The topological polar surface area (TPSA) is 164 Å². The molecule has 0 heterocycles. The van der Waals surface area contributed by atoms with Crippen molar-refractivity contribution in [3.8, 4) is 148 Å². The molecule has 350 valence electrons. The summed E-state index contributed by atoms with van der Waals surface area (Å²) in [7, 11) is -2.32. The number of nitro groups is 1. The molecule has 0 amide bonds. The van der Waals surface area contributed by atoms with Gasteiger partial charge in [0.2, 0.25) is 0 Å². The number of hydrogen-bond donors (Lipinski definition) is 3. The van der Waals surface area contributed by atoms with Gasteiger partial charge in [-0.05, 0) is 156 Å². The molecule has 0 atom stereocenters. The summed E-state index contributed by atoms with van der Waals surface area (Å²) in [6.45, 7) is 5.71. The van der Waals surface area contributed by atoms with Crippen molar-refractivity contribution in [2.45, 2.75) is 70.6 Å². The number of benzene rings is 2. The number of thiol groups is 1. The molecule has 0 unspecified atom stereocenters. The minimum Gasteiger partial charge on any atom is -0.497 e. The normalized spacial score (nSPS) is 8.45. The van der Waals surface area contributed by atoms with Crippen LogP contribution in [0.1, 0.15) is 90.4 Å². The number of carbonyl (C=O) groups excluding carboxylic acids is 1. The lowest BCUT2D eigenvalue weighted by Crippen LogP contribution is -2.32. The van der Waals surface area contributed by atoms with Crippen LogP contribution in [-0.4, -0.2) is 37.7 Å². The van der Waals surface area contributed by atoms with Crippen molar-refractivity contribution in [1.29, 1.82) is 0 Å². The lowest BCUT2D eigenvalue weighted by atomic mass is 9.81. The van der Waals surface area contributed by atoms with E-state index in [9.17, 15) is 23.3 Å². The van der Waals surface area contributed by atoms with Crippen LogP contribution in [0.2, 0.25) is 0 Å². The molecule has 0 fully saturated rings. The number of terminal acetylenes is 1. The van der Waals surface area contributed by atoms with Gasteiger partial charge in [-0.3, -0.25) is 10.1 Å². The Morgan fingerprint density at radius 1 is 0.797 bits per heavy atom. The van der Waals surface area contributed by atoms with Gasteiger partial charge in [-0.25, -0.2) is 13.7 Å². The summed E-state index contributed by atoms with van der Waals surface area (Å²) in [4.78, 5) is 29.8. The van der Waals surface area contributed by atoms with E-state index in [1.807, 2.05) is 13.8 Å². The SMILES string of the molecule is C#CC#CC#CC#CC#CC#CC#CC#CC#CC#CC#CC#CC.CCCCC(C=O)(CCCC)CS(=O)(=O)c1ccc([N+](=O)[O-])cc1Cc1ccc(OC)cc1.OONOOS.[HH].[HH].[HH].[HH].[HH].[HH].[HH].[HH].[HH].[HH].[HH].[HH].[HH].[HH]. The van der Waals surface area contributed by atoms with Gasteiger partial charge in [0.05, 0.1) is 22.7 Å². The number of rotatable bonds is 17. The summed E-state index contributed by atoms with van der Waals surface area (Å²) in [5, 5.41) is 18.7. The average Bonchev–Trinajstić information content (AvgIpc) is 3.30. The molecule has 12 nitrogen and oxygen atoms in total. The fraction of sp³-hybridized carbons (Fsp3) is 0.260. The number of unbranched alkanes of at least 4 members (excludes halogenated alkanes) is 2. The summed E-state index contributed by atoms with van der Waals surface area (Å²) < 4.78 is 35.9. The third kappa shape index (κ3) is 27.1. The van der Waals surface area contributed by atoms with Crippen molar-refractivity contribution in [3.63, 3.8) is 0 Å². The van der Waals surface area contributed by atoms with Crippen molar-refractivity contribution < 1.29 is 62.4 Å². The third-order valence-electron chi connectivity index (χ3n) is 7.48. The first-order valence-corrected chi connectivity index (χ1v) is 20.5. The molecular formula is C50H68N2O10S2. The Kier molecular flexibility index (Phi) is 32.4. The number of nitrogens with zero attached hydrogens (tertiary/aromatic N) is 1. The van der Waals surface area contributed by atoms with E-state index in [0.717, 1.165) is 37.5 Å². The number of aldehydes is 1. The van der Waals surface area contributed by atoms with Gasteiger partial charge in [0, 0.05) is 86.0 Å². The first kappa shape index (κ1) is 56.1. The zero-order chi connectivity index (χ0) is 47.6. The molecule has 0 aliphatic heterocycles. The molecule has 14 heteroatoms. The number of nitrogens with one attached hydrogen (secondary N) is 1. The lowest BCUT2D eigenvalue weighted by Gasteiger charge is -2.28. The third-order valence-corrected chi connectivity index (χ3v) is 9.58. The van der Waals surface area contributed by atoms with E-state index >= 15 is 0 Å². The second-order valence-corrected chi connectivity index (χ2v) is 14.0. The minimum absolute atomic E-state index is 0. The van der Waals surface area contributed by atoms with Crippen molar-refractivity contribution in [2.24, 2.45) is 5.41 Å². The maximum atomic E-state index is 13.6. The maximum absolute atomic E-state index is 13.6. The zero-order valence-corrected chi connectivity index (χ0v) is 37.0. The number of nitro benzene ring substituents is 1. The summed E-state index contributed by atoms with van der Waals surface area (Å²) in [6, 6.07) is 10.9. The van der Waals surface area contributed by atoms with Crippen LogP contribution in [0.15, 0.2) is 47.4 Å². The van der Waals surface area contributed by atoms with E-state index in [2.05, 4.69) is 163 Å². The smallest absolute Gasteiger partial charge is 0.269 e. The Bertz CT molecular complexity index is 2810. The average molecular weight is 921 g/mol. The summed E-state index contributed by atoms with van der Waals surface area (Å²) in [6.07, 6.45) is 10.2. The van der Waals surface area contributed by atoms with Crippen LogP contribution in [0.25, 0.3) is 0 Å². The van der Waals surface area contributed by atoms with Crippen LogP contribution < -0.4 is 10.4 Å². The molecule has 2 N–H and O–H groups in total. The highest BCUT2D eigenvalue weighted by atomic mass is 32.2. The number of sulfone groups is 1. The van der Waals surface area contributed by atoms with Gasteiger partial charge in [0.25, 0.3) is 5.69 Å².